The van der Waals surface area contributed by atoms with Crippen LogP contribution in [-0.4, -0.2) is 39.9 Å². The van der Waals surface area contributed by atoms with Crippen LogP contribution >= 0.6 is 12.4 Å². The summed E-state index contributed by atoms with van der Waals surface area (Å²) in [6, 6.07) is 7.40. The number of hydrogen-bond acceptors (Lipinski definition) is 4. The number of nitrogens with zero attached hydrogens (tertiary/aromatic N) is 3. The van der Waals surface area contributed by atoms with Crippen molar-refractivity contribution in [1.82, 2.24) is 20.3 Å². The van der Waals surface area contributed by atoms with Crippen LogP contribution in [0.3, 0.4) is 0 Å². The van der Waals surface area contributed by atoms with Crippen LogP contribution in [0.25, 0.3) is 5.69 Å². The van der Waals surface area contributed by atoms with Crippen molar-refractivity contribution in [3.63, 3.8) is 0 Å². The van der Waals surface area contributed by atoms with Gasteiger partial charge in [-0.3, -0.25) is 4.79 Å². The van der Waals surface area contributed by atoms with E-state index in [1.54, 1.807) is 0 Å². The van der Waals surface area contributed by atoms with Crippen LogP contribution in [0.1, 0.15) is 16.1 Å². The number of aryl methyl sites for hydroxylation is 1. The number of benzene rings is 1. The summed E-state index contributed by atoms with van der Waals surface area (Å²) in [7, 11) is 0. The Morgan fingerprint density at radius 2 is 2.00 bits per heavy atom. The molecule has 0 aliphatic rings. The molecule has 0 saturated heterocycles. The van der Waals surface area contributed by atoms with Crippen molar-refractivity contribution in [3.05, 3.63) is 41.7 Å². The van der Waals surface area contributed by atoms with Crippen LogP contribution in [-0.2, 0) is 0 Å². The topological polar surface area (TPSA) is 85.8 Å². The third-order valence-electron chi connectivity index (χ3n) is 2.83. The molecule has 0 unspecified atom stereocenters. The lowest BCUT2D eigenvalue weighted by Crippen LogP contribution is -2.41. The summed E-state index contributed by atoms with van der Waals surface area (Å²) in [6.45, 7) is 0.282. The summed E-state index contributed by atoms with van der Waals surface area (Å²) in [5.74, 6) is -3.86. The molecule has 1 aromatic carbocycles. The minimum absolute atomic E-state index is 0. The Bertz CT molecular complexity index is 630. The average molecular weight is 332 g/mol. The molecule has 0 fully saturated rings. The molecule has 0 radical (unpaired) electrons. The summed E-state index contributed by atoms with van der Waals surface area (Å²) in [4.78, 5) is 11.7. The molecule has 0 atom stereocenters. The van der Waals surface area contributed by atoms with Crippen LogP contribution < -0.4 is 11.1 Å². The minimum Gasteiger partial charge on any atom is -0.344 e. The van der Waals surface area contributed by atoms with Crippen molar-refractivity contribution in [2.45, 2.75) is 12.8 Å². The van der Waals surface area contributed by atoms with Gasteiger partial charge < -0.3 is 11.1 Å². The molecule has 22 heavy (non-hydrogen) atoms. The maximum atomic E-state index is 13.0. The fraction of sp³-hybridized carbons (Fsp3) is 0.308. The lowest BCUT2D eigenvalue weighted by atomic mass is 10.2. The second-order valence-corrected chi connectivity index (χ2v) is 4.63. The van der Waals surface area contributed by atoms with Crippen LogP contribution in [0.2, 0.25) is 0 Å². The molecule has 1 amide bonds. The minimum atomic E-state index is -3.14. The largest absolute Gasteiger partial charge is 0.344 e. The Morgan fingerprint density at radius 1 is 1.36 bits per heavy atom. The summed E-state index contributed by atoms with van der Waals surface area (Å²) in [5.41, 5.74) is 6.66. The van der Waals surface area contributed by atoms with E-state index in [0.717, 1.165) is 11.3 Å². The highest BCUT2D eigenvalue weighted by atomic mass is 35.5. The normalized spacial score (nSPS) is 10.9. The Morgan fingerprint density at radius 3 is 2.59 bits per heavy atom. The first-order chi connectivity index (χ1) is 9.91. The van der Waals surface area contributed by atoms with Crippen molar-refractivity contribution >= 4 is 18.3 Å². The molecule has 6 nitrogen and oxygen atoms in total. The number of rotatable bonds is 5. The lowest BCUT2D eigenvalue weighted by Gasteiger charge is -2.13. The standard InChI is InChI=1S/C13H15F2N5O.ClH/c1-9-2-4-10(5-3-9)20-6-11(18-19-20)12(21)17-8-13(14,15)7-16;/h2-6H,7-8,16H2,1H3,(H,17,21);1H. The Kier molecular flexibility index (Phi) is 5.95. The van der Waals surface area contributed by atoms with Gasteiger partial charge in [0.05, 0.1) is 25.0 Å². The second-order valence-electron chi connectivity index (χ2n) is 4.63. The number of amides is 1. The van der Waals surface area contributed by atoms with Gasteiger partial charge in [-0.25, -0.2) is 13.5 Å². The highest BCUT2D eigenvalue weighted by Crippen LogP contribution is 2.10. The molecule has 120 valence electrons. The predicted octanol–water partition coefficient (Wildman–Crippen LogP) is 1.32. The smallest absolute Gasteiger partial charge is 0.277 e. The molecule has 2 aromatic rings. The molecule has 0 bridgehead atoms. The molecule has 1 heterocycles. The number of hydrogen-bond donors (Lipinski definition) is 2. The van der Waals surface area contributed by atoms with Gasteiger partial charge in [0.25, 0.3) is 11.8 Å². The van der Waals surface area contributed by atoms with Crippen LogP contribution in [0.15, 0.2) is 30.5 Å². The van der Waals surface area contributed by atoms with Crippen molar-refractivity contribution < 1.29 is 13.6 Å². The fourth-order valence-electron chi connectivity index (χ4n) is 1.56. The highest BCUT2D eigenvalue weighted by molar-refractivity contribution is 5.91. The molecule has 0 aliphatic heterocycles. The van der Waals surface area contributed by atoms with Gasteiger partial charge in [-0.15, -0.1) is 17.5 Å². The molecule has 2 rings (SSSR count). The van der Waals surface area contributed by atoms with Crippen LogP contribution in [0.4, 0.5) is 8.78 Å². The summed E-state index contributed by atoms with van der Waals surface area (Å²) < 4.78 is 27.3. The first-order valence-electron chi connectivity index (χ1n) is 6.27. The third kappa shape index (κ3) is 4.47. The van der Waals surface area contributed by atoms with Gasteiger partial charge in [-0.1, -0.05) is 22.9 Å². The molecule has 0 spiro atoms. The molecule has 1 aromatic heterocycles. The number of carbonyl (C=O) groups excluding carboxylic acids is 1. The van der Waals surface area contributed by atoms with E-state index in [1.165, 1.54) is 10.9 Å². The summed E-state index contributed by atoms with van der Waals surface area (Å²) in [5, 5.41) is 9.54. The van der Waals surface area contributed by atoms with E-state index in [1.807, 2.05) is 31.2 Å². The van der Waals surface area contributed by atoms with E-state index in [-0.39, 0.29) is 18.1 Å². The maximum absolute atomic E-state index is 13.0. The van der Waals surface area contributed by atoms with Crippen LogP contribution in [0.5, 0.6) is 0 Å². The van der Waals surface area contributed by atoms with E-state index in [0.29, 0.717) is 0 Å². The summed E-state index contributed by atoms with van der Waals surface area (Å²) in [6.07, 6.45) is 1.38. The number of carbonyl (C=O) groups is 1. The number of aromatic nitrogens is 3. The van der Waals surface area contributed by atoms with Gasteiger partial charge in [0.15, 0.2) is 5.69 Å². The second kappa shape index (κ2) is 7.28. The zero-order chi connectivity index (χ0) is 15.5. The van der Waals surface area contributed by atoms with Gasteiger partial charge in [0.2, 0.25) is 0 Å². The van der Waals surface area contributed by atoms with E-state index in [4.69, 9.17) is 5.73 Å². The molecular formula is C13H16ClF2N5O. The molecule has 9 heteroatoms. The number of halogens is 3. The predicted molar refractivity (Wildman–Crippen MR) is 79.7 cm³/mol. The van der Waals surface area contributed by atoms with Crippen molar-refractivity contribution in [3.8, 4) is 5.69 Å². The van der Waals surface area contributed by atoms with Crippen LogP contribution in [0, 0.1) is 6.92 Å². The lowest BCUT2D eigenvalue weighted by molar-refractivity contribution is 0.0118. The van der Waals surface area contributed by atoms with Gasteiger partial charge >= 0.3 is 0 Å². The number of alkyl halides is 2. The molecule has 0 aliphatic carbocycles. The van der Waals surface area contributed by atoms with E-state index in [2.05, 4.69) is 15.6 Å². The molecular weight excluding hydrogens is 316 g/mol. The fourth-order valence-corrected chi connectivity index (χ4v) is 1.56. The Hall–Kier alpha value is -2.06. The monoisotopic (exact) mass is 331 g/mol. The van der Waals surface area contributed by atoms with Gasteiger partial charge in [-0.05, 0) is 19.1 Å². The quantitative estimate of drug-likeness (QED) is 0.865. The number of nitrogens with one attached hydrogen (secondary N) is 1. The van der Waals surface area contributed by atoms with E-state index >= 15 is 0 Å². The zero-order valence-corrected chi connectivity index (χ0v) is 12.6. The van der Waals surface area contributed by atoms with E-state index in [9.17, 15) is 13.6 Å². The van der Waals surface area contributed by atoms with Crippen molar-refractivity contribution in [2.24, 2.45) is 5.73 Å². The van der Waals surface area contributed by atoms with Crippen molar-refractivity contribution in [2.75, 3.05) is 13.1 Å². The first kappa shape index (κ1) is 18.0. The molecule has 3 N–H and O–H groups in total. The van der Waals surface area contributed by atoms with E-state index < -0.39 is 24.9 Å². The highest BCUT2D eigenvalue weighted by Gasteiger charge is 2.27. The molecule has 0 saturated carbocycles. The van der Waals surface area contributed by atoms with Crippen molar-refractivity contribution in [1.29, 1.82) is 0 Å². The first-order valence-corrected chi connectivity index (χ1v) is 6.27. The average Bonchev–Trinajstić information content (AvgIpc) is 2.95. The Labute approximate surface area is 132 Å². The van der Waals surface area contributed by atoms with Gasteiger partial charge in [-0.2, -0.15) is 0 Å². The summed E-state index contributed by atoms with van der Waals surface area (Å²) >= 11 is 0. The Balaban J connectivity index is 0.00000242. The van der Waals surface area contributed by atoms with Gasteiger partial charge in [0.1, 0.15) is 0 Å². The number of nitrogens with two attached hydrogens (primary N) is 1. The zero-order valence-electron chi connectivity index (χ0n) is 11.8. The maximum Gasteiger partial charge on any atom is 0.277 e. The third-order valence-corrected chi connectivity index (χ3v) is 2.83. The van der Waals surface area contributed by atoms with Gasteiger partial charge in [0, 0.05) is 0 Å². The SMILES string of the molecule is Cc1ccc(-n2cc(C(=O)NCC(F)(F)CN)nn2)cc1.Cl.